The molecular formula is C17H22FN3. The highest BCUT2D eigenvalue weighted by Gasteiger charge is 2.10. The van der Waals surface area contributed by atoms with Gasteiger partial charge in [-0.1, -0.05) is 24.3 Å². The van der Waals surface area contributed by atoms with Crippen molar-refractivity contribution in [3.63, 3.8) is 0 Å². The summed E-state index contributed by atoms with van der Waals surface area (Å²) in [4.78, 5) is 6.28. The Hall–Kier alpha value is -1.78. The second-order valence-corrected chi connectivity index (χ2v) is 5.46. The van der Waals surface area contributed by atoms with Gasteiger partial charge in [0, 0.05) is 19.1 Å². The van der Waals surface area contributed by atoms with Crippen molar-refractivity contribution in [2.24, 2.45) is 5.73 Å². The zero-order valence-electron chi connectivity index (χ0n) is 12.6. The normalized spacial score (nSPS) is 12.6. The highest BCUT2D eigenvalue weighted by Crippen LogP contribution is 2.14. The average Bonchev–Trinajstić information content (AvgIpc) is 2.48. The topological polar surface area (TPSA) is 42.1 Å². The van der Waals surface area contributed by atoms with Crippen LogP contribution in [-0.2, 0) is 6.54 Å². The number of rotatable bonds is 6. The van der Waals surface area contributed by atoms with E-state index in [1.54, 1.807) is 6.07 Å². The maximum atomic E-state index is 12.8. The first-order valence-electron chi connectivity index (χ1n) is 7.16. The molecule has 1 atom stereocenters. The molecule has 0 amide bonds. The number of hydrogen-bond donors (Lipinski definition) is 1. The van der Waals surface area contributed by atoms with Gasteiger partial charge in [-0.25, -0.2) is 4.39 Å². The number of nitrogens with two attached hydrogens (primary N) is 1. The minimum atomic E-state index is -0.331. The summed E-state index contributed by atoms with van der Waals surface area (Å²) in [5.74, 6) is -0.331. The van der Waals surface area contributed by atoms with Crippen LogP contribution in [0.1, 0.15) is 29.3 Å². The average molecular weight is 287 g/mol. The van der Waals surface area contributed by atoms with Crippen LogP contribution in [-0.4, -0.2) is 23.5 Å². The third-order valence-corrected chi connectivity index (χ3v) is 3.65. The van der Waals surface area contributed by atoms with E-state index in [1.165, 1.54) is 23.4 Å². The quantitative estimate of drug-likeness (QED) is 0.888. The Morgan fingerprint density at radius 1 is 1.24 bits per heavy atom. The number of aromatic nitrogens is 1. The third-order valence-electron chi connectivity index (χ3n) is 3.65. The number of hydrogen-bond acceptors (Lipinski definition) is 3. The fraction of sp³-hybridized carbons (Fsp3) is 0.353. The molecule has 3 nitrogen and oxygen atoms in total. The predicted molar refractivity (Wildman–Crippen MR) is 83.3 cm³/mol. The van der Waals surface area contributed by atoms with Gasteiger partial charge in [-0.2, -0.15) is 0 Å². The Labute approximate surface area is 125 Å². The summed E-state index contributed by atoms with van der Waals surface area (Å²) in [6.07, 6.45) is 2.01. The van der Waals surface area contributed by atoms with Crippen LogP contribution in [0.15, 0.2) is 42.6 Å². The molecule has 0 spiro atoms. The smallest absolute Gasteiger partial charge is 0.141 e. The van der Waals surface area contributed by atoms with Gasteiger partial charge in [-0.05, 0) is 43.7 Å². The summed E-state index contributed by atoms with van der Waals surface area (Å²) in [5, 5.41) is 0. The highest BCUT2D eigenvalue weighted by atomic mass is 19.1. The lowest BCUT2D eigenvalue weighted by molar-refractivity contribution is 0.310. The van der Waals surface area contributed by atoms with Gasteiger partial charge in [-0.3, -0.25) is 4.98 Å². The zero-order valence-corrected chi connectivity index (χ0v) is 12.6. The van der Waals surface area contributed by atoms with Gasteiger partial charge in [0.25, 0.3) is 0 Å². The summed E-state index contributed by atoms with van der Waals surface area (Å²) in [5.41, 5.74) is 9.47. The van der Waals surface area contributed by atoms with Crippen molar-refractivity contribution in [3.05, 3.63) is 65.2 Å². The molecule has 1 heterocycles. The Kier molecular flexibility index (Phi) is 5.42. The molecule has 0 fully saturated rings. The molecule has 112 valence electrons. The molecule has 0 aliphatic heterocycles. The van der Waals surface area contributed by atoms with Crippen molar-refractivity contribution < 1.29 is 4.39 Å². The number of pyridine rings is 1. The van der Waals surface area contributed by atoms with E-state index in [2.05, 4.69) is 48.1 Å². The summed E-state index contributed by atoms with van der Waals surface area (Å²) >= 11 is 0. The Balaban J connectivity index is 1.85. The summed E-state index contributed by atoms with van der Waals surface area (Å²) < 4.78 is 12.8. The van der Waals surface area contributed by atoms with Gasteiger partial charge in [0.1, 0.15) is 5.82 Å². The van der Waals surface area contributed by atoms with Gasteiger partial charge in [0.05, 0.1) is 11.9 Å². The van der Waals surface area contributed by atoms with Crippen LogP contribution < -0.4 is 5.73 Å². The summed E-state index contributed by atoms with van der Waals surface area (Å²) in [6.45, 7) is 3.89. The molecule has 1 aromatic carbocycles. The SMILES string of the molecule is Cc1ccccc1CN(C)CCC(N)c1ccc(F)cn1. The second kappa shape index (κ2) is 7.29. The fourth-order valence-electron chi connectivity index (χ4n) is 2.27. The van der Waals surface area contributed by atoms with Crippen LogP contribution in [0.5, 0.6) is 0 Å². The Morgan fingerprint density at radius 2 is 2.00 bits per heavy atom. The molecule has 0 radical (unpaired) electrons. The van der Waals surface area contributed by atoms with E-state index in [0.29, 0.717) is 0 Å². The van der Waals surface area contributed by atoms with Crippen LogP contribution in [0.2, 0.25) is 0 Å². The van der Waals surface area contributed by atoms with Crippen molar-refractivity contribution in [3.8, 4) is 0 Å². The van der Waals surface area contributed by atoms with E-state index in [-0.39, 0.29) is 11.9 Å². The molecule has 1 aromatic heterocycles. The predicted octanol–water partition coefficient (Wildman–Crippen LogP) is 3.05. The van der Waals surface area contributed by atoms with E-state index >= 15 is 0 Å². The molecule has 0 bridgehead atoms. The molecule has 0 saturated heterocycles. The largest absolute Gasteiger partial charge is 0.323 e. The van der Waals surface area contributed by atoms with Gasteiger partial charge >= 0.3 is 0 Å². The van der Waals surface area contributed by atoms with Crippen LogP contribution in [0.3, 0.4) is 0 Å². The third kappa shape index (κ3) is 4.62. The molecule has 1 unspecified atom stereocenters. The second-order valence-electron chi connectivity index (χ2n) is 5.46. The highest BCUT2D eigenvalue weighted by molar-refractivity contribution is 5.25. The van der Waals surface area contributed by atoms with Crippen molar-refractivity contribution >= 4 is 0 Å². The van der Waals surface area contributed by atoms with Crippen molar-refractivity contribution in [2.45, 2.75) is 25.9 Å². The standard InChI is InChI=1S/C17H22FN3/c1-13-5-3-4-6-14(13)12-21(2)10-9-16(19)17-8-7-15(18)11-20-17/h3-8,11,16H,9-10,12,19H2,1-2H3. The lowest BCUT2D eigenvalue weighted by atomic mass is 10.1. The van der Waals surface area contributed by atoms with Crippen LogP contribution >= 0.6 is 0 Å². The molecule has 2 N–H and O–H groups in total. The first-order valence-corrected chi connectivity index (χ1v) is 7.16. The maximum absolute atomic E-state index is 12.8. The van der Waals surface area contributed by atoms with Crippen LogP contribution in [0, 0.1) is 12.7 Å². The van der Waals surface area contributed by atoms with Crippen molar-refractivity contribution in [1.82, 2.24) is 9.88 Å². The van der Waals surface area contributed by atoms with Gasteiger partial charge < -0.3 is 10.6 Å². The summed E-state index contributed by atoms with van der Waals surface area (Å²) in [7, 11) is 2.08. The fourth-order valence-corrected chi connectivity index (χ4v) is 2.27. The van der Waals surface area contributed by atoms with Crippen molar-refractivity contribution in [1.29, 1.82) is 0 Å². The first-order chi connectivity index (χ1) is 10.1. The zero-order chi connectivity index (χ0) is 15.2. The number of benzene rings is 1. The molecule has 2 aromatic rings. The Morgan fingerprint density at radius 3 is 2.67 bits per heavy atom. The minimum absolute atomic E-state index is 0.162. The molecule has 2 rings (SSSR count). The molecule has 21 heavy (non-hydrogen) atoms. The van der Waals surface area contributed by atoms with Crippen LogP contribution in [0.25, 0.3) is 0 Å². The number of nitrogens with zero attached hydrogens (tertiary/aromatic N) is 2. The number of aryl methyl sites for hydroxylation is 1. The van der Waals surface area contributed by atoms with Gasteiger partial charge in [-0.15, -0.1) is 0 Å². The summed E-state index contributed by atoms with van der Waals surface area (Å²) in [6, 6.07) is 11.3. The van der Waals surface area contributed by atoms with E-state index in [9.17, 15) is 4.39 Å². The van der Waals surface area contributed by atoms with Gasteiger partial charge in [0.15, 0.2) is 0 Å². The molecular weight excluding hydrogens is 265 g/mol. The van der Waals surface area contributed by atoms with E-state index < -0.39 is 0 Å². The van der Waals surface area contributed by atoms with Gasteiger partial charge in [0.2, 0.25) is 0 Å². The Bertz CT molecular complexity index is 569. The lowest BCUT2D eigenvalue weighted by Gasteiger charge is -2.20. The lowest BCUT2D eigenvalue weighted by Crippen LogP contribution is -2.24. The molecule has 0 aliphatic carbocycles. The molecule has 0 aliphatic rings. The van der Waals surface area contributed by atoms with E-state index in [1.807, 2.05) is 0 Å². The molecule has 0 saturated carbocycles. The number of halogens is 1. The monoisotopic (exact) mass is 287 g/mol. The van der Waals surface area contributed by atoms with Crippen LogP contribution in [0.4, 0.5) is 4.39 Å². The van der Waals surface area contributed by atoms with E-state index in [4.69, 9.17) is 5.73 Å². The first kappa shape index (κ1) is 15.6. The molecule has 4 heteroatoms. The van der Waals surface area contributed by atoms with Crippen molar-refractivity contribution in [2.75, 3.05) is 13.6 Å². The maximum Gasteiger partial charge on any atom is 0.141 e. The van der Waals surface area contributed by atoms with E-state index in [0.717, 1.165) is 25.2 Å². The minimum Gasteiger partial charge on any atom is -0.323 e.